The Balaban J connectivity index is 1.40. The maximum atomic E-state index is 12.7. The van der Waals surface area contributed by atoms with E-state index in [1.807, 2.05) is 48.0 Å². The topological polar surface area (TPSA) is 85.8 Å². The summed E-state index contributed by atoms with van der Waals surface area (Å²) in [4.78, 5) is 29.8. The van der Waals surface area contributed by atoms with E-state index in [4.69, 9.17) is 9.15 Å². The van der Waals surface area contributed by atoms with Crippen molar-refractivity contribution in [2.45, 2.75) is 6.92 Å². The van der Waals surface area contributed by atoms with E-state index in [0.29, 0.717) is 22.4 Å². The first-order valence-electron chi connectivity index (χ1n) is 10.0. The summed E-state index contributed by atoms with van der Waals surface area (Å²) in [6.45, 7) is 2.02. The Morgan fingerprint density at radius 1 is 1.09 bits per heavy atom. The molecule has 32 heavy (non-hydrogen) atoms. The second-order valence-electron chi connectivity index (χ2n) is 7.41. The van der Waals surface area contributed by atoms with E-state index in [0.717, 1.165) is 22.5 Å². The van der Waals surface area contributed by atoms with Crippen molar-refractivity contribution in [2.75, 3.05) is 12.4 Å². The number of rotatable bonds is 4. The summed E-state index contributed by atoms with van der Waals surface area (Å²) in [6.07, 6.45) is 3.92. The van der Waals surface area contributed by atoms with Gasteiger partial charge in [-0.05, 0) is 42.8 Å². The Morgan fingerprint density at radius 2 is 1.91 bits per heavy atom. The first kappa shape index (κ1) is 19.6. The van der Waals surface area contributed by atoms with Gasteiger partial charge in [0.2, 0.25) is 0 Å². The highest BCUT2D eigenvalue weighted by molar-refractivity contribution is 6.05. The summed E-state index contributed by atoms with van der Waals surface area (Å²) in [5.41, 5.74) is 3.81. The number of amides is 1. The Morgan fingerprint density at radius 3 is 2.66 bits per heavy atom. The summed E-state index contributed by atoms with van der Waals surface area (Å²) in [5.74, 6) is -0.108. The minimum Gasteiger partial charge on any atom is -0.493 e. The monoisotopic (exact) mass is 425 g/mol. The normalized spacial score (nSPS) is 11.1. The van der Waals surface area contributed by atoms with Crippen molar-refractivity contribution in [3.8, 4) is 17.0 Å². The fraction of sp³-hybridized carbons (Fsp3) is 0.0800. The molecule has 2 aromatic carbocycles. The van der Waals surface area contributed by atoms with Crippen LogP contribution in [0.15, 0.2) is 82.3 Å². The van der Waals surface area contributed by atoms with Crippen LogP contribution in [0.1, 0.15) is 15.9 Å². The van der Waals surface area contributed by atoms with Crippen LogP contribution in [0.2, 0.25) is 0 Å². The smallest absolute Gasteiger partial charge is 0.349 e. The molecule has 7 nitrogen and oxygen atoms in total. The zero-order valence-electron chi connectivity index (χ0n) is 17.5. The quantitative estimate of drug-likeness (QED) is 0.423. The van der Waals surface area contributed by atoms with Crippen molar-refractivity contribution in [1.29, 1.82) is 0 Å². The highest BCUT2D eigenvalue weighted by Crippen LogP contribution is 2.25. The molecule has 0 saturated carbocycles. The molecule has 7 heteroatoms. The molecular formula is C25H19N3O4. The molecule has 0 aliphatic rings. The number of aromatic nitrogens is 2. The van der Waals surface area contributed by atoms with Crippen molar-refractivity contribution in [1.82, 2.24) is 9.38 Å². The van der Waals surface area contributed by atoms with Crippen LogP contribution >= 0.6 is 0 Å². The molecule has 5 rings (SSSR count). The number of hydrogen-bond donors (Lipinski definition) is 1. The average molecular weight is 425 g/mol. The number of benzene rings is 2. The molecule has 0 fully saturated rings. The van der Waals surface area contributed by atoms with E-state index in [-0.39, 0.29) is 5.56 Å². The third kappa shape index (κ3) is 3.39. The predicted molar refractivity (Wildman–Crippen MR) is 122 cm³/mol. The Kier molecular flexibility index (Phi) is 4.71. The van der Waals surface area contributed by atoms with Crippen molar-refractivity contribution in [2.24, 2.45) is 0 Å². The summed E-state index contributed by atoms with van der Waals surface area (Å²) in [5, 5.41) is 3.35. The number of carbonyl (C=O) groups excluding carboxylic acids is 1. The average Bonchev–Trinajstić information content (AvgIpc) is 3.24. The lowest BCUT2D eigenvalue weighted by Gasteiger charge is -2.07. The van der Waals surface area contributed by atoms with Crippen LogP contribution in [0.5, 0.6) is 5.75 Å². The first-order valence-corrected chi connectivity index (χ1v) is 10.0. The van der Waals surface area contributed by atoms with Crippen LogP contribution in [0, 0.1) is 6.92 Å². The van der Waals surface area contributed by atoms with E-state index in [9.17, 15) is 9.59 Å². The Bertz CT molecular complexity index is 1530. The van der Waals surface area contributed by atoms with Gasteiger partial charge in [-0.25, -0.2) is 9.78 Å². The molecule has 0 saturated heterocycles. The van der Waals surface area contributed by atoms with Gasteiger partial charge in [0.05, 0.1) is 12.8 Å². The molecule has 158 valence electrons. The van der Waals surface area contributed by atoms with Crippen molar-refractivity contribution in [3.63, 3.8) is 0 Å². The minimum atomic E-state index is -0.726. The lowest BCUT2D eigenvalue weighted by atomic mass is 10.1. The summed E-state index contributed by atoms with van der Waals surface area (Å²) >= 11 is 0. The molecule has 1 N–H and O–H groups in total. The molecule has 3 heterocycles. The Hall–Kier alpha value is -4.39. The standard InChI is InChI=1S/C25H19N3O4/c1-15-5-4-12-28-14-20(27-23(15)28)16-8-10-18(11-9-16)26-24(29)19-13-17-6-3-7-21(31-2)22(17)32-25(19)30/h3-14H,1-2H3,(H,26,29). The molecule has 0 aliphatic carbocycles. The molecule has 1 amide bonds. The van der Waals surface area contributed by atoms with E-state index < -0.39 is 11.5 Å². The molecule has 3 aromatic heterocycles. The molecule has 0 unspecified atom stereocenters. The van der Waals surface area contributed by atoms with E-state index in [1.54, 1.807) is 30.3 Å². The number of imidazole rings is 1. The first-order chi connectivity index (χ1) is 15.5. The number of carbonyl (C=O) groups is 1. The fourth-order valence-electron chi connectivity index (χ4n) is 3.65. The molecule has 0 aliphatic heterocycles. The van der Waals surface area contributed by atoms with E-state index in [1.165, 1.54) is 13.2 Å². The summed E-state index contributed by atoms with van der Waals surface area (Å²) in [6, 6.07) is 18.0. The maximum Gasteiger partial charge on any atom is 0.349 e. The number of ether oxygens (including phenoxy) is 1. The molecule has 5 aromatic rings. The highest BCUT2D eigenvalue weighted by Gasteiger charge is 2.16. The van der Waals surface area contributed by atoms with Crippen LogP contribution in [-0.4, -0.2) is 22.4 Å². The van der Waals surface area contributed by atoms with Gasteiger partial charge in [-0.2, -0.15) is 0 Å². The molecule has 0 radical (unpaired) electrons. The number of nitrogens with one attached hydrogen (secondary N) is 1. The van der Waals surface area contributed by atoms with Gasteiger partial charge < -0.3 is 18.9 Å². The number of methoxy groups -OCH3 is 1. The lowest BCUT2D eigenvalue weighted by molar-refractivity contribution is 0.102. The number of para-hydroxylation sites is 1. The fourth-order valence-corrected chi connectivity index (χ4v) is 3.65. The van der Waals surface area contributed by atoms with Gasteiger partial charge >= 0.3 is 5.63 Å². The van der Waals surface area contributed by atoms with Gasteiger partial charge in [0.1, 0.15) is 11.2 Å². The third-order valence-electron chi connectivity index (χ3n) is 5.30. The second-order valence-corrected chi connectivity index (χ2v) is 7.41. The predicted octanol–water partition coefficient (Wildman–Crippen LogP) is 4.68. The van der Waals surface area contributed by atoms with Gasteiger partial charge in [-0.15, -0.1) is 0 Å². The highest BCUT2D eigenvalue weighted by atomic mass is 16.5. The second kappa shape index (κ2) is 7.70. The molecule has 0 spiro atoms. The number of aryl methyl sites for hydroxylation is 1. The van der Waals surface area contributed by atoms with Crippen LogP contribution < -0.4 is 15.7 Å². The van der Waals surface area contributed by atoms with Crippen LogP contribution in [-0.2, 0) is 0 Å². The van der Waals surface area contributed by atoms with Crippen LogP contribution in [0.3, 0.4) is 0 Å². The third-order valence-corrected chi connectivity index (χ3v) is 5.30. The number of nitrogens with zero attached hydrogens (tertiary/aromatic N) is 2. The van der Waals surface area contributed by atoms with Crippen LogP contribution in [0.4, 0.5) is 5.69 Å². The lowest BCUT2D eigenvalue weighted by Crippen LogP contribution is -2.20. The van der Waals surface area contributed by atoms with Gasteiger partial charge in [-0.3, -0.25) is 4.79 Å². The number of anilines is 1. The Labute approximate surface area is 182 Å². The largest absolute Gasteiger partial charge is 0.493 e. The van der Waals surface area contributed by atoms with Crippen molar-refractivity contribution >= 4 is 28.2 Å². The number of fused-ring (bicyclic) bond motifs is 2. The van der Waals surface area contributed by atoms with E-state index in [2.05, 4.69) is 10.3 Å². The summed E-state index contributed by atoms with van der Waals surface area (Å²) in [7, 11) is 1.49. The molecular weight excluding hydrogens is 406 g/mol. The minimum absolute atomic E-state index is 0.0781. The van der Waals surface area contributed by atoms with Gasteiger partial charge in [0, 0.05) is 29.0 Å². The zero-order chi connectivity index (χ0) is 22.2. The SMILES string of the molecule is COc1cccc2cc(C(=O)Nc3ccc(-c4cn5cccc(C)c5n4)cc3)c(=O)oc12. The molecule has 0 atom stereocenters. The van der Waals surface area contributed by atoms with Gasteiger partial charge in [-0.1, -0.05) is 30.3 Å². The zero-order valence-corrected chi connectivity index (χ0v) is 17.5. The van der Waals surface area contributed by atoms with Crippen LogP contribution in [0.25, 0.3) is 27.9 Å². The number of pyridine rings is 1. The number of hydrogen-bond acceptors (Lipinski definition) is 5. The van der Waals surface area contributed by atoms with Crippen molar-refractivity contribution in [3.05, 3.63) is 94.6 Å². The van der Waals surface area contributed by atoms with Gasteiger partial charge in [0.15, 0.2) is 11.3 Å². The molecule has 0 bridgehead atoms. The summed E-state index contributed by atoms with van der Waals surface area (Å²) < 4.78 is 12.5. The van der Waals surface area contributed by atoms with Gasteiger partial charge in [0.25, 0.3) is 5.91 Å². The maximum absolute atomic E-state index is 12.7. The van der Waals surface area contributed by atoms with Crippen molar-refractivity contribution < 1.29 is 13.9 Å². The van der Waals surface area contributed by atoms with E-state index >= 15 is 0 Å².